The molecule has 1 aliphatic rings. The fraction of sp³-hybridized carbons (Fsp3) is 0.357. The summed E-state index contributed by atoms with van der Waals surface area (Å²) in [6.45, 7) is 2.30. The molecule has 94 valence electrons. The Labute approximate surface area is 115 Å². The molecule has 2 aromatic rings. The minimum absolute atomic E-state index is 0.771. The summed E-state index contributed by atoms with van der Waals surface area (Å²) in [6.07, 6.45) is 6.54. The summed E-state index contributed by atoms with van der Waals surface area (Å²) in [6, 6.07) is 8.21. The lowest BCUT2D eigenvalue weighted by Gasteiger charge is -2.05. The molecule has 0 saturated carbocycles. The lowest BCUT2D eigenvalue weighted by Crippen LogP contribution is -2.10. The van der Waals surface area contributed by atoms with Crippen LogP contribution in [0.2, 0.25) is 0 Å². The van der Waals surface area contributed by atoms with E-state index in [1.165, 1.54) is 12.0 Å². The Bertz CT molecular complexity index is 512. The lowest BCUT2D eigenvalue weighted by atomic mass is 10.0. The average Bonchev–Trinajstić information content (AvgIpc) is 3.02. The molecule has 3 nitrogen and oxygen atoms in total. The number of nitrogens with one attached hydrogen (secondary N) is 1. The van der Waals surface area contributed by atoms with Gasteiger partial charge in [-0.2, -0.15) is 5.10 Å². The smallest absolute Gasteiger partial charge is 0.0646 e. The van der Waals surface area contributed by atoms with E-state index >= 15 is 0 Å². The number of hydrogen-bond acceptors (Lipinski definition) is 2. The van der Waals surface area contributed by atoms with Crippen LogP contribution >= 0.6 is 15.9 Å². The number of nitrogens with zero attached hydrogens (tertiary/aromatic N) is 2. The van der Waals surface area contributed by atoms with Crippen molar-refractivity contribution in [2.75, 3.05) is 13.1 Å². The zero-order chi connectivity index (χ0) is 12.4. The molecule has 0 bridgehead atoms. The van der Waals surface area contributed by atoms with Gasteiger partial charge in [0.05, 0.1) is 11.9 Å². The average molecular weight is 306 g/mol. The van der Waals surface area contributed by atoms with Crippen molar-refractivity contribution in [1.82, 2.24) is 15.1 Å². The largest absolute Gasteiger partial charge is 0.316 e. The topological polar surface area (TPSA) is 29.9 Å². The second kappa shape index (κ2) is 5.24. The molecule has 1 aromatic carbocycles. The Hall–Kier alpha value is -1.13. The zero-order valence-corrected chi connectivity index (χ0v) is 11.7. The predicted octanol–water partition coefficient (Wildman–Crippen LogP) is 2.79. The van der Waals surface area contributed by atoms with Crippen molar-refractivity contribution < 1.29 is 0 Å². The normalized spacial score (nSPS) is 19.3. The maximum atomic E-state index is 4.44. The van der Waals surface area contributed by atoms with Crippen molar-refractivity contribution in [3.05, 3.63) is 46.7 Å². The van der Waals surface area contributed by atoms with Crippen molar-refractivity contribution in [2.45, 2.75) is 12.8 Å². The highest BCUT2D eigenvalue weighted by molar-refractivity contribution is 9.10. The van der Waals surface area contributed by atoms with E-state index in [1.54, 1.807) is 0 Å². The van der Waals surface area contributed by atoms with Crippen LogP contribution < -0.4 is 5.32 Å². The Balaban J connectivity index is 1.74. The van der Waals surface area contributed by atoms with E-state index in [0.29, 0.717) is 0 Å². The van der Waals surface area contributed by atoms with Crippen LogP contribution in [-0.2, 0) is 6.42 Å². The van der Waals surface area contributed by atoms with Gasteiger partial charge in [0.1, 0.15) is 0 Å². The summed E-state index contributed by atoms with van der Waals surface area (Å²) in [5.74, 6) is 0.771. The van der Waals surface area contributed by atoms with Crippen molar-refractivity contribution in [1.29, 1.82) is 0 Å². The molecular weight excluding hydrogens is 290 g/mol. The zero-order valence-electron chi connectivity index (χ0n) is 10.1. The number of hydrogen-bond donors (Lipinski definition) is 1. The van der Waals surface area contributed by atoms with Crippen LogP contribution in [-0.4, -0.2) is 22.9 Å². The molecule has 2 heterocycles. The van der Waals surface area contributed by atoms with E-state index in [2.05, 4.69) is 44.7 Å². The van der Waals surface area contributed by atoms with Gasteiger partial charge in [0.2, 0.25) is 0 Å². The second-order valence-electron chi connectivity index (χ2n) is 4.83. The standard InChI is InChI=1S/C14H16BrN3/c15-13-1-3-14(4-2-13)18-10-12(9-17-18)7-11-5-6-16-8-11/h1-4,9-11,16H,5-8H2. The minimum atomic E-state index is 0.771. The highest BCUT2D eigenvalue weighted by atomic mass is 79.9. The summed E-state index contributed by atoms with van der Waals surface area (Å²) < 4.78 is 3.04. The van der Waals surface area contributed by atoms with E-state index < -0.39 is 0 Å². The van der Waals surface area contributed by atoms with E-state index in [-0.39, 0.29) is 0 Å². The van der Waals surface area contributed by atoms with E-state index in [0.717, 1.165) is 35.6 Å². The maximum Gasteiger partial charge on any atom is 0.0646 e. The van der Waals surface area contributed by atoms with Gasteiger partial charge in [0.15, 0.2) is 0 Å². The van der Waals surface area contributed by atoms with E-state index in [1.807, 2.05) is 23.0 Å². The molecule has 0 aliphatic carbocycles. The van der Waals surface area contributed by atoms with Gasteiger partial charge >= 0.3 is 0 Å². The van der Waals surface area contributed by atoms with E-state index in [9.17, 15) is 0 Å². The molecule has 1 atom stereocenters. The first-order valence-corrected chi connectivity index (χ1v) is 7.11. The van der Waals surface area contributed by atoms with Gasteiger partial charge in [-0.25, -0.2) is 4.68 Å². The summed E-state index contributed by atoms with van der Waals surface area (Å²) in [5.41, 5.74) is 2.43. The molecule has 18 heavy (non-hydrogen) atoms. The van der Waals surface area contributed by atoms with Crippen molar-refractivity contribution in [3.63, 3.8) is 0 Å². The van der Waals surface area contributed by atoms with Crippen molar-refractivity contribution in [2.24, 2.45) is 5.92 Å². The molecule has 0 spiro atoms. The highest BCUT2D eigenvalue weighted by Crippen LogP contribution is 2.17. The molecule has 1 saturated heterocycles. The van der Waals surface area contributed by atoms with Crippen LogP contribution in [0.15, 0.2) is 41.1 Å². The Morgan fingerprint density at radius 2 is 2.17 bits per heavy atom. The fourth-order valence-electron chi connectivity index (χ4n) is 2.42. The molecule has 1 N–H and O–H groups in total. The van der Waals surface area contributed by atoms with Crippen molar-refractivity contribution in [3.8, 4) is 5.69 Å². The summed E-state index contributed by atoms with van der Waals surface area (Å²) in [7, 11) is 0. The molecule has 3 rings (SSSR count). The Morgan fingerprint density at radius 3 is 2.89 bits per heavy atom. The molecule has 1 aromatic heterocycles. The van der Waals surface area contributed by atoms with Crippen LogP contribution in [0, 0.1) is 5.92 Å². The molecule has 0 amide bonds. The third-order valence-electron chi connectivity index (χ3n) is 3.41. The molecule has 1 fully saturated rings. The first-order valence-electron chi connectivity index (χ1n) is 6.31. The van der Waals surface area contributed by atoms with Crippen LogP contribution in [0.4, 0.5) is 0 Å². The van der Waals surface area contributed by atoms with Gasteiger partial charge in [-0.15, -0.1) is 0 Å². The van der Waals surface area contributed by atoms with Gasteiger partial charge in [0.25, 0.3) is 0 Å². The van der Waals surface area contributed by atoms with Gasteiger partial charge in [-0.05, 0) is 61.7 Å². The predicted molar refractivity (Wildman–Crippen MR) is 75.9 cm³/mol. The number of aromatic nitrogens is 2. The SMILES string of the molecule is Brc1ccc(-n2cc(CC3CCNC3)cn2)cc1. The fourth-order valence-corrected chi connectivity index (χ4v) is 2.69. The second-order valence-corrected chi connectivity index (χ2v) is 5.75. The number of halogens is 1. The molecule has 1 aliphatic heterocycles. The first kappa shape index (κ1) is 11.9. The third-order valence-corrected chi connectivity index (χ3v) is 3.94. The Morgan fingerprint density at radius 1 is 1.33 bits per heavy atom. The quantitative estimate of drug-likeness (QED) is 0.945. The van der Waals surface area contributed by atoms with Crippen LogP contribution in [0.5, 0.6) is 0 Å². The van der Waals surface area contributed by atoms with E-state index in [4.69, 9.17) is 0 Å². The Kier molecular flexibility index (Phi) is 3.48. The lowest BCUT2D eigenvalue weighted by molar-refractivity contribution is 0.580. The first-order chi connectivity index (χ1) is 8.81. The van der Waals surface area contributed by atoms with Crippen molar-refractivity contribution >= 4 is 15.9 Å². The minimum Gasteiger partial charge on any atom is -0.316 e. The molecule has 0 radical (unpaired) electrons. The van der Waals surface area contributed by atoms with Gasteiger partial charge < -0.3 is 5.32 Å². The summed E-state index contributed by atoms with van der Waals surface area (Å²) in [4.78, 5) is 0. The highest BCUT2D eigenvalue weighted by Gasteiger charge is 2.15. The monoisotopic (exact) mass is 305 g/mol. The molecule has 4 heteroatoms. The molecule has 1 unspecified atom stereocenters. The van der Waals surface area contributed by atoms with Gasteiger partial charge in [0, 0.05) is 10.7 Å². The van der Waals surface area contributed by atoms with Crippen LogP contribution in [0.1, 0.15) is 12.0 Å². The van der Waals surface area contributed by atoms with Crippen LogP contribution in [0.3, 0.4) is 0 Å². The number of rotatable bonds is 3. The maximum absolute atomic E-state index is 4.44. The summed E-state index contributed by atoms with van der Waals surface area (Å²) in [5, 5.41) is 7.84. The number of benzene rings is 1. The molecular formula is C14H16BrN3. The van der Waals surface area contributed by atoms with Gasteiger partial charge in [-0.1, -0.05) is 15.9 Å². The summed E-state index contributed by atoms with van der Waals surface area (Å²) >= 11 is 3.44. The third kappa shape index (κ3) is 2.65. The van der Waals surface area contributed by atoms with Crippen LogP contribution in [0.25, 0.3) is 5.69 Å². The van der Waals surface area contributed by atoms with Gasteiger partial charge in [-0.3, -0.25) is 0 Å².